The number of hydrogen-bond acceptors (Lipinski definition) is 7. The van der Waals surface area contributed by atoms with Crippen molar-refractivity contribution >= 4 is 5.97 Å². The second-order valence-corrected chi connectivity index (χ2v) is 5.49. The summed E-state index contributed by atoms with van der Waals surface area (Å²) in [6, 6.07) is 7.22. The van der Waals surface area contributed by atoms with Gasteiger partial charge in [-0.05, 0) is 38.1 Å². The summed E-state index contributed by atoms with van der Waals surface area (Å²) in [5, 5.41) is 12.0. The summed E-state index contributed by atoms with van der Waals surface area (Å²) in [5.41, 5.74) is 1.88. The van der Waals surface area contributed by atoms with E-state index in [1.807, 2.05) is 12.1 Å². The highest BCUT2D eigenvalue weighted by Gasteiger charge is 2.22. The minimum Gasteiger partial charge on any atom is -0.497 e. The van der Waals surface area contributed by atoms with E-state index >= 15 is 0 Å². The van der Waals surface area contributed by atoms with Gasteiger partial charge in [-0.25, -0.2) is 4.79 Å². The molecule has 1 aromatic carbocycles. The minimum absolute atomic E-state index is 0.223. The number of carbonyl (C=O) groups is 1. The van der Waals surface area contributed by atoms with Crippen molar-refractivity contribution < 1.29 is 18.7 Å². The van der Waals surface area contributed by atoms with Crippen molar-refractivity contribution in [3.8, 4) is 17.2 Å². The lowest BCUT2D eigenvalue weighted by molar-refractivity contribution is 0.0279. The first-order valence-electron chi connectivity index (χ1n) is 7.67. The van der Waals surface area contributed by atoms with E-state index < -0.39 is 12.1 Å². The second-order valence-electron chi connectivity index (χ2n) is 5.49. The lowest BCUT2D eigenvalue weighted by Gasteiger charge is -2.08. The van der Waals surface area contributed by atoms with Crippen molar-refractivity contribution in [2.45, 2.75) is 20.0 Å². The summed E-state index contributed by atoms with van der Waals surface area (Å²) in [6.07, 6.45) is 0.799. The lowest BCUT2D eigenvalue weighted by Crippen LogP contribution is -2.10. The zero-order valence-corrected chi connectivity index (χ0v) is 14.4. The van der Waals surface area contributed by atoms with Gasteiger partial charge in [0.15, 0.2) is 6.10 Å². The largest absolute Gasteiger partial charge is 0.497 e. The molecule has 1 atom stereocenters. The van der Waals surface area contributed by atoms with Crippen LogP contribution in [0.4, 0.5) is 0 Å². The number of hydrogen-bond donors (Lipinski definition) is 0. The van der Waals surface area contributed by atoms with E-state index in [4.69, 9.17) is 13.9 Å². The molecule has 0 fully saturated rings. The number of methoxy groups -OCH3 is 1. The van der Waals surface area contributed by atoms with Gasteiger partial charge < -0.3 is 13.9 Å². The Morgan fingerprint density at radius 1 is 1.24 bits per heavy atom. The van der Waals surface area contributed by atoms with E-state index in [1.165, 1.54) is 6.20 Å². The third-order valence-electron chi connectivity index (χ3n) is 3.86. The first-order chi connectivity index (χ1) is 12.0. The smallest absolute Gasteiger partial charge is 0.342 e. The maximum atomic E-state index is 12.2. The number of aryl methyl sites for hydroxylation is 1. The van der Waals surface area contributed by atoms with E-state index in [1.54, 1.807) is 44.8 Å². The summed E-state index contributed by atoms with van der Waals surface area (Å²) in [6.45, 7) is 3.47. The van der Waals surface area contributed by atoms with Crippen LogP contribution in [0.2, 0.25) is 0 Å². The van der Waals surface area contributed by atoms with Crippen LogP contribution in [-0.4, -0.2) is 33.1 Å². The minimum atomic E-state index is -0.674. The Morgan fingerprint density at radius 2 is 1.96 bits per heavy atom. The Labute approximate surface area is 144 Å². The van der Waals surface area contributed by atoms with Gasteiger partial charge in [-0.2, -0.15) is 5.10 Å². The monoisotopic (exact) mass is 342 g/mol. The van der Waals surface area contributed by atoms with Crippen LogP contribution in [0.15, 0.2) is 34.9 Å². The van der Waals surface area contributed by atoms with Gasteiger partial charge >= 0.3 is 5.97 Å². The van der Waals surface area contributed by atoms with Gasteiger partial charge in [-0.15, -0.1) is 10.2 Å². The van der Waals surface area contributed by atoms with Crippen molar-refractivity contribution in [2.24, 2.45) is 7.05 Å². The molecule has 0 aliphatic heterocycles. The number of esters is 1. The van der Waals surface area contributed by atoms with E-state index in [9.17, 15) is 4.79 Å². The first-order valence-corrected chi connectivity index (χ1v) is 7.67. The molecule has 0 bridgehead atoms. The average Bonchev–Trinajstić information content (AvgIpc) is 3.23. The number of rotatable bonds is 5. The Bertz CT molecular complexity index is 882. The van der Waals surface area contributed by atoms with Crippen LogP contribution >= 0.6 is 0 Å². The Balaban J connectivity index is 1.72. The molecule has 0 saturated carbocycles. The predicted molar refractivity (Wildman–Crippen MR) is 88.1 cm³/mol. The highest BCUT2D eigenvalue weighted by Crippen LogP contribution is 2.25. The number of benzene rings is 1. The van der Waals surface area contributed by atoms with Crippen LogP contribution in [0.3, 0.4) is 0 Å². The van der Waals surface area contributed by atoms with Crippen LogP contribution in [-0.2, 0) is 11.8 Å². The molecular formula is C17H18N4O4. The van der Waals surface area contributed by atoms with Crippen molar-refractivity contribution in [2.75, 3.05) is 7.11 Å². The average molecular weight is 342 g/mol. The van der Waals surface area contributed by atoms with Crippen LogP contribution in [0.25, 0.3) is 11.5 Å². The van der Waals surface area contributed by atoms with Crippen LogP contribution in [0.1, 0.15) is 35.0 Å². The SMILES string of the molecule is COc1ccc(-c2nnc(C(C)OC(=O)c3cnn(C)c3C)o2)cc1. The first kappa shape index (κ1) is 16.7. The molecule has 3 rings (SSSR count). The van der Waals surface area contributed by atoms with Gasteiger partial charge in [-0.1, -0.05) is 0 Å². The van der Waals surface area contributed by atoms with Gasteiger partial charge in [0.2, 0.25) is 5.89 Å². The van der Waals surface area contributed by atoms with Gasteiger partial charge in [-0.3, -0.25) is 4.68 Å². The predicted octanol–water partition coefficient (Wildman–Crippen LogP) is 2.71. The molecule has 2 aromatic heterocycles. The summed E-state index contributed by atoms with van der Waals surface area (Å²) >= 11 is 0. The van der Waals surface area contributed by atoms with Gasteiger partial charge in [0.05, 0.1) is 13.3 Å². The molecule has 0 amide bonds. The van der Waals surface area contributed by atoms with E-state index in [-0.39, 0.29) is 5.89 Å². The van der Waals surface area contributed by atoms with Crippen LogP contribution < -0.4 is 4.74 Å². The second kappa shape index (κ2) is 6.76. The molecule has 0 saturated heterocycles. The molecule has 25 heavy (non-hydrogen) atoms. The van der Waals surface area contributed by atoms with Crippen molar-refractivity contribution in [3.05, 3.63) is 47.6 Å². The van der Waals surface area contributed by atoms with Crippen molar-refractivity contribution in [1.82, 2.24) is 20.0 Å². The van der Waals surface area contributed by atoms with Crippen molar-refractivity contribution in [1.29, 1.82) is 0 Å². The topological polar surface area (TPSA) is 92.3 Å². The molecule has 1 unspecified atom stereocenters. The third-order valence-corrected chi connectivity index (χ3v) is 3.86. The summed E-state index contributed by atoms with van der Waals surface area (Å²) in [5.74, 6) is 0.818. The molecule has 0 aliphatic carbocycles. The van der Waals surface area contributed by atoms with E-state index in [2.05, 4.69) is 15.3 Å². The van der Waals surface area contributed by atoms with Gasteiger partial charge in [0.1, 0.15) is 11.3 Å². The van der Waals surface area contributed by atoms with Gasteiger partial charge in [0, 0.05) is 18.3 Å². The van der Waals surface area contributed by atoms with Crippen molar-refractivity contribution in [3.63, 3.8) is 0 Å². The quantitative estimate of drug-likeness (QED) is 0.658. The molecule has 0 aliphatic rings. The standard InChI is InChI=1S/C17H18N4O4/c1-10-14(9-18-21(10)3)17(22)24-11(2)15-19-20-16(25-15)12-5-7-13(23-4)8-6-12/h5-9,11H,1-4H3. The van der Waals surface area contributed by atoms with Crippen LogP contribution in [0.5, 0.6) is 5.75 Å². The third kappa shape index (κ3) is 3.37. The Morgan fingerprint density at radius 3 is 2.56 bits per heavy atom. The molecule has 3 aromatic rings. The fourth-order valence-corrected chi connectivity index (χ4v) is 2.22. The number of carbonyl (C=O) groups excluding carboxylic acids is 1. The molecule has 0 spiro atoms. The summed E-state index contributed by atoms with van der Waals surface area (Å²) < 4.78 is 17.7. The zero-order valence-electron chi connectivity index (χ0n) is 14.4. The highest BCUT2D eigenvalue weighted by atomic mass is 16.6. The molecule has 8 heteroatoms. The fraction of sp³-hybridized carbons (Fsp3) is 0.294. The lowest BCUT2D eigenvalue weighted by atomic mass is 10.2. The Kier molecular flexibility index (Phi) is 4.51. The molecule has 8 nitrogen and oxygen atoms in total. The molecular weight excluding hydrogens is 324 g/mol. The summed E-state index contributed by atoms with van der Waals surface area (Å²) in [7, 11) is 3.36. The van der Waals surface area contributed by atoms with E-state index in [0.717, 1.165) is 17.0 Å². The maximum Gasteiger partial charge on any atom is 0.342 e. The fourth-order valence-electron chi connectivity index (χ4n) is 2.22. The normalized spacial score (nSPS) is 12.0. The molecule has 0 N–H and O–H groups in total. The van der Waals surface area contributed by atoms with Crippen LogP contribution in [0, 0.1) is 6.92 Å². The maximum absolute atomic E-state index is 12.2. The van der Waals surface area contributed by atoms with E-state index in [0.29, 0.717) is 11.5 Å². The van der Waals surface area contributed by atoms with Gasteiger partial charge in [0.25, 0.3) is 5.89 Å². The summed E-state index contributed by atoms with van der Waals surface area (Å²) in [4.78, 5) is 12.2. The zero-order chi connectivity index (χ0) is 18.0. The number of ether oxygens (including phenoxy) is 2. The molecule has 0 radical (unpaired) electrons. The highest BCUT2D eigenvalue weighted by molar-refractivity contribution is 5.90. The number of aromatic nitrogens is 4. The number of nitrogens with zero attached hydrogens (tertiary/aromatic N) is 4. The molecule has 130 valence electrons. The Hall–Kier alpha value is -3.16. The molecule has 2 heterocycles.